The van der Waals surface area contributed by atoms with Crippen LogP contribution in [0.25, 0.3) is 0 Å². The van der Waals surface area contributed by atoms with Crippen molar-refractivity contribution in [3.63, 3.8) is 0 Å². The summed E-state index contributed by atoms with van der Waals surface area (Å²) in [6.07, 6.45) is 5.02. The molecule has 3 rings (SSSR count). The average Bonchev–Trinajstić information content (AvgIpc) is 3.21. The molecule has 3 heterocycles. The summed E-state index contributed by atoms with van der Waals surface area (Å²) in [6, 6.07) is 3.37. The number of likely N-dealkylation sites (tertiary alicyclic amines) is 1. The van der Waals surface area contributed by atoms with E-state index >= 15 is 0 Å². The van der Waals surface area contributed by atoms with Gasteiger partial charge < -0.3 is 10.2 Å². The smallest absolute Gasteiger partial charge is 0.252 e. The van der Waals surface area contributed by atoms with Crippen molar-refractivity contribution in [2.75, 3.05) is 39.3 Å². The third kappa shape index (κ3) is 5.53. The second-order valence-electron chi connectivity index (χ2n) is 7.83. The van der Waals surface area contributed by atoms with E-state index < -0.39 is 10.0 Å². The van der Waals surface area contributed by atoms with Crippen molar-refractivity contribution in [2.45, 2.75) is 43.2 Å². The van der Waals surface area contributed by atoms with E-state index in [-0.39, 0.29) is 18.4 Å². The third-order valence-corrected chi connectivity index (χ3v) is 8.77. The van der Waals surface area contributed by atoms with Gasteiger partial charge in [-0.3, -0.25) is 4.79 Å². The molecule has 0 saturated carbocycles. The maximum atomic E-state index is 12.7. The highest BCUT2D eigenvalue weighted by atomic mass is 32.2. The second kappa shape index (κ2) is 9.49. The first kappa shape index (κ1) is 20.8. The van der Waals surface area contributed by atoms with Gasteiger partial charge in [0.15, 0.2) is 0 Å². The number of hydrogen-bond donors (Lipinski definition) is 1. The van der Waals surface area contributed by atoms with Crippen LogP contribution in [0.4, 0.5) is 0 Å². The number of carbonyl (C=O) groups excluding carboxylic acids is 1. The fraction of sp³-hybridized carbons (Fsp3) is 0.737. The molecule has 0 bridgehead atoms. The van der Waals surface area contributed by atoms with Crippen LogP contribution in [0, 0.1) is 11.8 Å². The van der Waals surface area contributed by atoms with Crippen LogP contribution in [0.15, 0.2) is 21.7 Å². The van der Waals surface area contributed by atoms with Crippen LogP contribution in [0.1, 0.15) is 39.0 Å². The summed E-state index contributed by atoms with van der Waals surface area (Å²) in [5.41, 5.74) is 0. The Balaban J connectivity index is 1.43. The van der Waals surface area contributed by atoms with Gasteiger partial charge in [0, 0.05) is 26.2 Å². The molecule has 2 fully saturated rings. The van der Waals surface area contributed by atoms with Crippen LogP contribution >= 0.6 is 11.3 Å². The van der Waals surface area contributed by atoms with Gasteiger partial charge in [-0.2, -0.15) is 4.31 Å². The number of rotatable bonds is 7. The van der Waals surface area contributed by atoms with Crippen molar-refractivity contribution in [2.24, 2.45) is 11.8 Å². The second-order valence-corrected chi connectivity index (χ2v) is 10.9. The quantitative estimate of drug-likeness (QED) is 0.697. The normalized spacial score (nSPS) is 25.4. The summed E-state index contributed by atoms with van der Waals surface area (Å²) in [5.74, 6) is 0.517. The molecule has 1 aromatic heterocycles. The van der Waals surface area contributed by atoms with Crippen LogP contribution in [0.3, 0.4) is 0 Å². The van der Waals surface area contributed by atoms with Gasteiger partial charge in [-0.1, -0.05) is 13.0 Å². The van der Waals surface area contributed by atoms with Crippen LogP contribution in [0.5, 0.6) is 0 Å². The predicted molar refractivity (Wildman–Crippen MR) is 108 cm³/mol. The lowest BCUT2D eigenvalue weighted by atomic mass is 9.99. The molecule has 1 aromatic rings. The number of carbonyl (C=O) groups is 1. The molecule has 8 heteroatoms. The molecular weight excluding hydrogens is 382 g/mol. The van der Waals surface area contributed by atoms with Crippen molar-refractivity contribution in [3.05, 3.63) is 17.5 Å². The van der Waals surface area contributed by atoms with Gasteiger partial charge in [0.25, 0.3) is 10.0 Å². The first-order valence-corrected chi connectivity index (χ1v) is 12.3. The first-order chi connectivity index (χ1) is 13.0. The molecule has 0 aromatic carbocycles. The standard InChI is InChI=1S/C19H31N3O3S2/c1-16-6-2-10-21(14-16)11-5-9-20-19(23)17-7-3-12-22(15-17)27(24,25)18-8-4-13-26-18/h4,8,13,16-17H,2-3,5-7,9-12,14-15H2,1H3,(H,20,23)/t16-,17-/m0/s1. The van der Waals surface area contributed by atoms with Gasteiger partial charge in [-0.05, 0) is 62.6 Å². The van der Waals surface area contributed by atoms with E-state index in [2.05, 4.69) is 17.1 Å². The number of sulfonamides is 1. The lowest BCUT2D eigenvalue weighted by molar-refractivity contribution is -0.126. The summed E-state index contributed by atoms with van der Waals surface area (Å²) in [4.78, 5) is 15.0. The zero-order valence-electron chi connectivity index (χ0n) is 16.1. The summed E-state index contributed by atoms with van der Waals surface area (Å²) < 4.78 is 27.2. The van der Waals surface area contributed by atoms with E-state index in [0.29, 0.717) is 17.3 Å². The zero-order chi connectivity index (χ0) is 19.3. The minimum atomic E-state index is -3.46. The van der Waals surface area contributed by atoms with Crippen molar-refractivity contribution in [3.8, 4) is 0 Å². The number of piperidine rings is 2. The highest BCUT2D eigenvalue weighted by Crippen LogP contribution is 2.26. The van der Waals surface area contributed by atoms with E-state index in [0.717, 1.165) is 44.8 Å². The molecule has 0 spiro atoms. The van der Waals surface area contributed by atoms with Crippen molar-refractivity contribution in [1.29, 1.82) is 0 Å². The maximum absolute atomic E-state index is 12.7. The van der Waals surface area contributed by atoms with Gasteiger partial charge in [0.05, 0.1) is 5.92 Å². The van der Waals surface area contributed by atoms with E-state index in [1.165, 1.54) is 28.5 Å². The summed E-state index contributed by atoms with van der Waals surface area (Å²) >= 11 is 1.23. The van der Waals surface area contributed by atoms with Crippen LogP contribution in [-0.2, 0) is 14.8 Å². The molecule has 2 atom stereocenters. The molecule has 0 aliphatic carbocycles. The van der Waals surface area contributed by atoms with E-state index in [1.807, 2.05) is 0 Å². The Kier molecular flexibility index (Phi) is 7.30. The van der Waals surface area contributed by atoms with Gasteiger partial charge in [-0.15, -0.1) is 11.3 Å². The Hall–Kier alpha value is -0.960. The Labute approximate surface area is 167 Å². The lowest BCUT2D eigenvalue weighted by Crippen LogP contribution is -2.45. The molecule has 2 saturated heterocycles. The molecule has 27 heavy (non-hydrogen) atoms. The molecule has 2 aliphatic rings. The number of hydrogen-bond acceptors (Lipinski definition) is 5. The molecule has 6 nitrogen and oxygen atoms in total. The Bertz CT molecular complexity index is 706. The van der Waals surface area contributed by atoms with Gasteiger partial charge in [0.1, 0.15) is 4.21 Å². The maximum Gasteiger partial charge on any atom is 0.252 e. The topological polar surface area (TPSA) is 69.7 Å². The Morgan fingerprint density at radius 2 is 2.07 bits per heavy atom. The average molecular weight is 414 g/mol. The highest BCUT2D eigenvalue weighted by molar-refractivity contribution is 7.91. The molecule has 0 unspecified atom stereocenters. The summed E-state index contributed by atoms with van der Waals surface area (Å²) in [7, 11) is -3.46. The largest absolute Gasteiger partial charge is 0.356 e. The van der Waals surface area contributed by atoms with E-state index in [1.54, 1.807) is 17.5 Å². The molecule has 1 amide bonds. The van der Waals surface area contributed by atoms with Gasteiger partial charge in [0.2, 0.25) is 5.91 Å². The van der Waals surface area contributed by atoms with E-state index in [4.69, 9.17) is 0 Å². The first-order valence-electron chi connectivity index (χ1n) is 10.0. The molecule has 1 N–H and O–H groups in total. The number of amides is 1. The zero-order valence-corrected chi connectivity index (χ0v) is 17.7. The summed E-state index contributed by atoms with van der Waals surface area (Å²) in [6.45, 7) is 7.09. The van der Waals surface area contributed by atoms with Crippen LogP contribution < -0.4 is 5.32 Å². The number of nitrogens with one attached hydrogen (secondary N) is 1. The Morgan fingerprint density at radius 1 is 1.26 bits per heavy atom. The van der Waals surface area contributed by atoms with Crippen molar-refractivity contribution in [1.82, 2.24) is 14.5 Å². The SMILES string of the molecule is C[C@H]1CCCN(CCCNC(=O)[C@H]2CCCN(S(=O)(=O)c3cccs3)C2)C1. The fourth-order valence-corrected chi connectivity index (χ4v) is 6.73. The van der Waals surface area contributed by atoms with E-state index in [9.17, 15) is 13.2 Å². The van der Waals surface area contributed by atoms with Crippen LogP contribution in [-0.4, -0.2) is 62.8 Å². The van der Waals surface area contributed by atoms with Gasteiger partial charge in [-0.25, -0.2) is 8.42 Å². The number of nitrogens with zero attached hydrogens (tertiary/aromatic N) is 2. The van der Waals surface area contributed by atoms with Crippen molar-refractivity contribution < 1.29 is 13.2 Å². The lowest BCUT2D eigenvalue weighted by Gasteiger charge is -2.31. The minimum absolute atomic E-state index is 0.00640. The highest BCUT2D eigenvalue weighted by Gasteiger charge is 2.33. The number of thiophene rings is 1. The predicted octanol–water partition coefficient (Wildman–Crippen LogP) is 2.39. The third-order valence-electron chi connectivity index (χ3n) is 5.54. The fourth-order valence-electron chi connectivity index (χ4n) is 4.06. The Morgan fingerprint density at radius 3 is 2.81 bits per heavy atom. The molecule has 2 aliphatic heterocycles. The molecule has 0 radical (unpaired) electrons. The molecule has 152 valence electrons. The van der Waals surface area contributed by atoms with Crippen LogP contribution in [0.2, 0.25) is 0 Å². The van der Waals surface area contributed by atoms with Crippen molar-refractivity contribution >= 4 is 27.3 Å². The monoisotopic (exact) mass is 413 g/mol. The molecular formula is C19H31N3O3S2. The minimum Gasteiger partial charge on any atom is -0.356 e. The van der Waals surface area contributed by atoms with Gasteiger partial charge >= 0.3 is 0 Å². The summed E-state index contributed by atoms with van der Waals surface area (Å²) in [5, 5.41) is 4.79.